The summed E-state index contributed by atoms with van der Waals surface area (Å²) in [4.78, 5) is 48.3. The van der Waals surface area contributed by atoms with E-state index in [9.17, 15) is 32.7 Å². The van der Waals surface area contributed by atoms with Crippen LogP contribution in [0, 0.1) is 0 Å². The molecular formula is C31H44N4O8S. The average molecular weight is 633 g/mol. The first-order valence-corrected chi connectivity index (χ1v) is 16.7. The van der Waals surface area contributed by atoms with Gasteiger partial charge in [0.25, 0.3) is 10.1 Å². The monoisotopic (exact) mass is 632 g/mol. The SMILES string of the molecule is CCCNC(=O)CCCC(=O)Nc1ccc2c(c1)C(CO)c1cc(NC(=O)CCCC(=O)NCCC)ccc1-2.CS(=O)(=O)O. The zero-order valence-corrected chi connectivity index (χ0v) is 26.4. The van der Waals surface area contributed by atoms with Gasteiger partial charge in [-0.25, -0.2) is 0 Å². The number of carbonyl (C=O) groups excluding carboxylic acids is 4. The maximum atomic E-state index is 12.4. The van der Waals surface area contributed by atoms with Gasteiger partial charge in [-0.05, 0) is 72.2 Å². The number of hydrogen-bond acceptors (Lipinski definition) is 7. The molecule has 0 unspecified atom stereocenters. The Bertz CT molecular complexity index is 1310. The Hall–Kier alpha value is -3.81. The third kappa shape index (κ3) is 12.8. The molecule has 0 saturated carbocycles. The number of hydrogen-bond donors (Lipinski definition) is 6. The van der Waals surface area contributed by atoms with Crippen LogP contribution in [0.15, 0.2) is 36.4 Å². The van der Waals surface area contributed by atoms with Crippen molar-refractivity contribution in [3.63, 3.8) is 0 Å². The fourth-order valence-corrected chi connectivity index (χ4v) is 4.68. The van der Waals surface area contributed by atoms with Crippen molar-refractivity contribution in [1.82, 2.24) is 10.6 Å². The van der Waals surface area contributed by atoms with Gasteiger partial charge in [0, 0.05) is 56.1 Å². The van der Waals surface area contributed by atoms with Gasteiger partial charge >= 0.3 is 0 Å². The van der Waals surface area contributed by atoms with Crippen molar-refractivity contribution in [1.29, 1.82) is 0 Å². The van der Waals surface area contributed by atoms with E-state index in [4.69, 9.17) is 4.55 Å². The average Bonchev–Trinajstić information content (AvgIpc) is 3.25. The lowest BCUT2D eigenvalue weighted by atomic mass is 9.97. The number of nitrogens with one attached hydrogen (secondary N) is 4. The van der Waals surface area contributed by atoms with E-state index in [-0.39, 0.29) is 49.0 Å². The summed E-state index contributed by atoms with van der Waals surface area (Å²) < 4.78 is 25.9. The fourth-order valence-electron chi connectivity index (χ4n) is 4.68. The Balaban J connectivity index is 0.00000125. The van der Waals surface area contributed by atoms with E-state index in [0.717, 1.165) is 35.1 Å². The predicted octanol–water partition coefficient (Wildman–Crippen LogP) is 3.57. The normalized spacial score (nSPS) is 11.8. The summed E-state index contributed by atoms with van der Waals surface area (Å²) in [6, 6.07) is 11.3. The van der Waals surface area contributed by atoms with Crippen LogP contribution in [0.3, 0.4) is 0 Å². The molecule has 0 spiro atoms. The first kappa shape index (κ1) is 36.4. The quantitative estimate of drug-likeness (QED) is 0.161. The van der Waals surface area contributed by atoms with Crippen LogP contribution >= 0.6 is 0 Å². The van der Waals surface area contributed by atoms with Crippen molar-refractivity contribution in [2.24, 2.45) is 0 Å². The molecule has 242 valence electrons. The van der Waals surface area contributed by atoms with Crippen LogP contribution in [-0.4, -0.2) is 67.7 Å². The molecule has 0 aliphatic heterocycles. The number of anilines is 2. The molecular weight excluding hydrogens is 588 g/mol. The Kier molecular flexibility index (Phi) is 15.0. The van der Waals surface area contributed by atoms with Crippen LogP contribution in [0.1, 0.15) is 82.3 Å². The van der Waals surface area contributed by atoms with Crippen LogP contribution in [0.2, 0.25) is 0 Å². The van der Waals surface area contributed by atoms with Gasteiger partial charge in [0.05, 0.1) is 12.9 Å². The van der Waals surface area contributed by atoms with Crippen LogP contribution in [-0.2, 0) is 29.3 Å². The van der Waals surface area contributed by atoms with Gasteiger partial charge in [-0.3, -0.25) is 23.7 Å². The second-order valence-corrected chi connectivity index (χ2v) is 12.0. The second-order valence-electron chi connectivity index (χ2n) is 10.6. The fraction of sp³-hybridized carbons (Fsp3) is 0.484. The molecule has 0 fully saturated rings. The lowest BCUT2D eigenvalue weighted by Crippen LogP contribution is -2.24. The van der Waals surface area contributed by atoms with Gasteiger partial charge in [0.15, 0.2) is 0 Å². The minimum absolute atomic E-state index is 0.0453. The highest BCUT2D eigenvalue weighted by Crippen LogP contribution is 2.46. The largest absolute Gasteiger partial charge is 0.395 e. The van der Waals surface area contributed by atoms with Gasteiger partial charge in [-0.2, -0.15) is 8.42 Å². The third-order valence-electron chi connectivity index (χ3n) is 6.65. The number of fused-ring (bicyclic) bond motifs is 3. The molecule has 0 radical (unpaired) electrons. The summed E-state index contributed by atoms with van der Waals surface area (Å²) >= 11 is 0. The van der Waals surface area contributed by atoms with Crippen LogP contribution in [0.5, 0.6) is 0 Å². The van der Waals surface area contributed by atoms with E-state index < -0.39 is 10.1 Å². The zero-order valence-electron chi connectivity index (χ0n) is 25.6. The molecule has 1 aliphatic rings. The molecule has 13 heteroatoms. The molecule has 0 saturated heterocycles. The summed E-state index contributed by atoms with van der Waals surface area (Å²) in [6.45, 7) is 5.14. The van der Waals surface area contributed by atoms with Crippen molar-refractivity contribution in [2.45, 2.75) is 71.1 Å². The molecule has 2 aromatic rings. The Morgan fingerprint density at radius 3 is 1.41 bits per heavy atom. The van der Waals surface area contributed by atoms with Crippen molar-refractivity contribution in [3.8, 4) is 11.1 Å². The number of aliphatic hydroxyl groups is 1. The highest BCUT2D eigenvalue weighted by Gasteiger charge is 2.29. The standard InChI is InChI=1S/C30H40N4O5.CH4O3S/c1-3-15-31-27(36)7-5-9-29(38)33-20-11-13-22-23-14-12-21(18-25(23)26(19-35)24(22)17-20)34-30(39)10-6-8-28(37)32-16-4-2;1-5(2,3)4/h11-14,17-18,26,35H,3-10,15-16,19H2,1-2H3,(H,31,36)(H,32,37)(H,33,38)(H,34,39);1H3,(H,2,3,4). The van der Waals surface area contributed by atoms with Crippen molar-refractivity contribution in [2.75, 3.05) is 36.6 Å². The first-order chi connectivity index (χ1) is 20.9. The Morgan fingerprint density at radius 2 is 1.07 bits per heavy atom. The van der Waals surface area contributed by atoms with Crippen LogP contribution in [0.25, 0.3) is 11.1 Å². The summed E-state index contributed by atoms with van der Waals surface area (Å²) in [5.41, 5.74) is 5.04. The van der Waals surface area contributed by atoms with Gasteiger partial charge in [-0.15, -0.1) is 0 Å². The highest BCUT2D eigenvalue weighted by atomic mass is 32.2. The Morgan fingerprint density at radius 1 is 0.705 bits per heavy atom. The molecule has 2 aromatic carbocycles. The molecule has 12 nitrogen and oxygen atoms in total. The highest BCUT2D eigenvalue weighted by molar-refractivity contribution is 7.85. The number of benzene rings is 2. The number of rotatable bonds is 15. The molecule has 6 N–H and O–H groups in total. The molecule has 3 rings (SSSR count). The van der Waals surface area contributed by atoms with E-state index in [0.29, 0.717) is 56.4 Å². The van der Waals surface area contributed by atoms with E-state index >= 15 is 0 Å². The van der Waals surface area contributed by atoms with E-state index in [1.54, 1.807) is 0 Å². The van der Waals surface area contributed by atoms with Crippen molar-refractivity contribution < 1.29 is 37.3 Å². The van der Waals surface area contributed by atoms with Crippen LogP contribution < -0.4 is 21.3 Å². The number of carbonyl (C=O) groups is 4. The van der Waals surface area contributed by atoms with Gasteiger partial charge in [0.1, 0.15) is 0 Å². The molecule has 0 atom stereocenters. The summed E-state index contributed by atoms with van der Waals surface area (Å²) in [7, 11) is -3.67. The molecule has 0 aromatic heterocycles. The Labute approximate surface area is 259 Å². The molecule has 1 aliphatic carbocycles. The first-order valence-electron chi connectivity index (χ1n) is 14.8. The lowest BCUT2D eigenvalue weighted by Gasteiger charge is -2.13. The topological polar surface area (TPSA) is 191 Å². The van der Waals surface area contributed by atoms with Gasteiger partial charge in [-0.1, -0.05) is 26.0 Å². The van der Waals surface area contributed by atoms with Crippen LogP contribution in [0.4, 0.5) is 11.4 Å². The number of amides is 4. The lowest BCUT2D eigenvalue weighted by molar-refractivity contribution is -0.122. The van der Waals surface area contributed by atoms with Gasteiger partial charge in [0.2, 0.25) is 23.6 Å². The molecule has 0 bridgehead atoms. The second kappa shape index (κ2) is 18.1. The molecule has 0 heterocycles. The maximum absolute atomic E-state index is 12.4. The minimum atomic E-state index is -3.67. The summed E-state index contributed by atoms with van der Waals surface area (Å²) in [5.74, 6) is -0.704. The maximum Gasteiger partial charge on any atom is 0.261 e. The summed E-state index contributed by atoms with van der Waals surface area (Å²) in [6.07, 6.45) is 4.51. The molecule has 44 heavy (non-hydrogen) atoms. The van der Waals surface area contributed by atoms with E-state index in [1.165, 1.54) is 0 Å². The van der Waals surface area contributed by atoms with Crippen molar-refractivity contribution >= 4 is 45.1 Å². The predicted molar refractivity (Wildman–Crippen MR) is 170 cm³/mol. The minimum Gasteiger partial charge on any atom is -0.395 e. The zero-order chi connectivity index (χ0) is 32.7. The van der Waals surface area contributed by atoms with Crippen molar-refractivity contribution in [3.05, 3.63) is 47.5 Å². The van der Waals surface area contributed by atoms with E-state index in [2.05, 4.69) is 21.3 Å². The summed E-state index contributed by atoms with van der Waals surface area (Å²) in [5, 5.41) is 21.6. The third-order valence-corrected chi connectivity index (χ3v) is 6.65. The van der Waals surface area contributed by atoms with E-state index in [1.807, 2.05) is 50.2 Å². The molecule has 4 amide bonds. The van der Waals surface area contributed by atoms with Gasteiger partial charge < -0.3 is 26.4 Å². The smallest absolute Gasteiger partial charge is 0.261 e. The number of aliphatic hydroxyl groups excluding tert-OH is 1.